The van der Waals surface area contributed by atoms with E-state index in [0.29, 0.717) is 16.2 Å². The van der Waals surface area contributed by atoms with Crippen LogP contribution in [0.4, 0.5) is 13.2 Å². The van der Waals surface area contributed by atoms with Gasteiger partial charge in [-0.3, -0.25) is 4.40 Å². The van der Waals surface area contributed by atoms with Crippen LogP contribution in [0.5, 0.6) is 5.75 Å². The van der Waals surface area contributed by atoms with Crippen molar-refractivity contribution in [2.75, 3.05) is 6.61 Å². The van der Waals surface area contributed by atoms with Crippen molar-refractivity contribution in [1.82, 2.24) is 9.38 Å². The first kappa shape index (κ1) is 19.2. The normalized spacial score (nSPS) is 11.0. The number of aromatic nitrogens is 2. The Hall–Kier alpha value is -2.55. The van der Waals surface area contributed by atoms with Crippen LogP contribution in [0.3, 0.4) is 0 Å². The smallest absolute Gasteiger partial charge is 0.357 e. The maximum Gasteiger partial charge on any atom is 0.357 e. The van der Waals surface area contributed by atoms with Crippen LogP contribution in [0.15, 0.2) is 28.9 Å². The molecule has 142 valence electrons. The van der Waals surface area contributed by atoms with E-state index in [1.807, 2.05) is 0 Å². The van der Waals surface area contributed by atoms with Gasteiger partial charge in [0, 0.05) is 10.7 Å². The number of halogens is 4. The molecular weight excluding hydrogens is 429 g/mol. The number of carbonyl (C=O) groups excluding carboxylic acids is 1. The van der Waals surface area contributed by atoms with Crippen LogP contribution in [0.2, 0.25) is 0 Å². The zero-order valence-corrected chi connectivity index (χ0v) is 15.9. The quantitative estimate of drug-likeness (QED) is 0.428. The second-order valence-electron chi connectivity index (χ2n) is 5.59. The summed E-state index contributed by atoms with van der Waals surface area (Å²) in [6.45, 7) is 2.95. The van der Waals surface area contributed by atoms with E-state index in [4.69, 9.17) is 9.47 Å². The van der Waals surface area contributed by atoms with Crippen molar-refractivity contribution in [3.8, 4) is 5.75 Å². The van der Waals surface area contributed by atoms with Gasteiger partial charge in [0.15, 0.2) is 28.7 Å². The molecule has 0 spiro atoms. The summed E-state index contributed by atoms with van der Waals surface area (Å²) < 4.78 is 53.5. The predicted octanol–water partition coefficient (Wildman–Crippen LogP) is 4.58. The Balaban J connectivity index is 2.02. The molecule has 5 nitrogen and oxygen atoms in total. The Kier molecular flexibility index (Phi) is 5.41. The topological polar surface area (TPSA) is 52.8 Å². The first-order valence-electron chi connectivity index (χ1n) is 7.94. The highest BCUT2D eigenvalue weighted by atomic mass is 79.9. The summed E-state index contributed by atoms with van der Waals surface area (Å²) in [6.07, 6.45) is 1.60. The summed E-state index contributed by atoms with van der Waals surface area (Å²) >= 11 is 3.29. The SMILES string of the molecule is CCOC(=O)c1c(C)nc2c(OCc3c(F)ccc(F)c3F)cc(Br)cn12. The Morgan fingerprint density at radius 2 is 1.96 bits per heavy atom. The first-order valence-corrected chi connectivity index (χ1v) is 8.73. The van der Waals surface area contributed by atoms with Gasteiger partial charge in [-0.05, 0) is 48.0 Å². The van der Waals surface area contributed by atoms with Crippen LogP contribution in [0.25, 0.3) is 5.65 Å². The van der Waals surface area contributed by atoms with Gasteiger partial charge in [0.1, 0.15) is 12.4 Å². The summed E-state index contributed by atoms with van der Waals surface area (Å²) in [4.78, 5) is 16.5. The summed E-state index contributed by atoms with van der Waals surface area (Å²) in [6, 6.07) is 3.06. The molecule has 0 amide bonds. The molecule has 0 aliphatic rings. The van der Waals surface area contributed by atoms with Crippen LogP contribution >= 0.6 is 15.9 Å². The fourth-order valence-corrected chi connectivity index (χ4v) is 3.01. The number of fused-ring (bicyclic) bond motifs is 1. The van der Waals surface area contributed by atoms with E-state index in [0.717, 1.165) is 6.07 Å². The van der Waals surface area contributed by atoms with Crippen molar-refractivity contribution in [2.24, 2.45) is 0 Å². The van der Waals surface area contributed by atoms with Crippen LogP contribution < -0.4 is 4.74 Å². The van der Waals surface area contributed by atoms with E-state index in [-0.39, 0.29) is 23.7 Å². The van der Waals surface area contributed by atoms with Crippen LogP contribution in [0.1, 0.15) is 28.7 Å². The average Bonchev–Trinajstić information content (AvgIpc) is 2.94. The maximum absolute atomic E-state index is 13.8. The number of rotatable bonds is 5. The van der Waals surface area contributed by atoms with Gasteiger partial charge in [0.2, 0.25) is 0 Å². The molecule has 3 aromatic rings. The molecule has 3 rings (SSSR count). The van der Waals surface area contributed by atoms with E-state index >= 15 is 0 Å². The summed E-state index contributed by atoms with van der Waals surface area (Å²) in [7, 11) is 0. The van der Waals surface area contributed by atoms with E-state index in [1.54, 1.807) is 20.0 Å². The number of hydrogen-bond donors (Lipinski definition) is 0. The first-order chi connectivity index (χ1) is 12.8. The number of carbonyl (C=O) groups is 1. The summed E-state index contributed by atoms with van der Waals surface area (Å²) in [5.41, 5.74) is 0.332. The molecule has 0 N–H and O–H groups in total. The Labute approximate surface area is 160 Å². The Morgan fingerprint density at radius 3 is 2.67 bits per heavy atom. The number of ether oxygens (including phenoxy) is 2. The van der Waals surface area contributed by atoms with Gasteiger partial charge in [-0.1, -0.05) is 0 Å². The van der Waals surface area contributed by atoms with Crippen molar-refractivity contribution < 1.29 is 27.4 Å². The minimum atomic E-state index is -1.31. The fraction of sp³-hybridized carbons (Fsp3) is 0.222. The minimum Gasteiger partial charge on any atom is -0.485 e. The third-order valence-corrected chi connectivity index (χ3v) is 4.24. The van der Waals surface area contributed by atoms with Gasteiger partial charge >= 0.3 is 5.97 Å². The van der Waals surface area contributed by atoms with Crippen molar-refractivity contribution >= 4 is 27.5 Å². The average molecular weight is 443 g/mol. The number of imidazole rings is 1. The predicted molar refractivity (Wildman–Crippen MR) is 94.2 cm³/mol. The van der Waals surface area contributed by atoms with Crippen LogP contribution in [-0.4, -0.2) is 22.0 Å². The molecule has 0 aliphatic carbocycles. The van der Waals surface area contributed by atoms with Crippen molar-refractivity contribution in [3.63, 3.8) is 0 Å². The van der Waals surface area contributed by atoms with Gasteiger partial charge in [-0.25, -0.2) is 22.9 Å². The third-order valence-electron chi connectivity index (χ3n) is 3.81. The number of benzene rings is 1. The number of nitrogens with zero attached hydrogens (tertiary/aromatic N) is 2. The largest absolute Gasteiger partial charge is 0.485 e. The second kappa shape index (κ2) is 7.59. The highest BCUT2D eigenvalue weighted by Gasteiger charge is 2.21. The number of hydrogen-bond acceptors (Lipinski definition) is 4. The van der Waals surface area contributed by atoms with Gasteiger partial charge in [-0.15, -0.1) is 0 Å². The molecule has 0 saturated carbocycles. The van der Waals surface area contributed by atoms with E-state index < -0.39 is 35.6 Å². The Morgan fingerprint density at radius 1 is 1.26 bits per heavy atom. The van der Waals surface area contributed by atoms with Crippen molar-refractivity contribution in [1.29, 1.82) is 0 Å². The molecule has 0 radical (unpaired) electrons. The zero-order chi connectivity index (χ0) is 19.7. The molecule has 0 bridgehead atoms. The lowest BCUT2D eigenvalue weighted by Crippen LogP contribution is -2.10. The molecular formula is C18H14BrF3N2O3. The molecule has 27 heavy (non-hydrogen) atoms. The lowest BCUT2D eigenvalue weighted by Gasteiger charge is -2.11. The van der Waals surface area contributed by atoms with Crippen LogP contribution in [-0.2, 0) is 11.3 Å². The molecule has 0 atom stereocenters. The molecule has 1 aromatic carbocycles. The number of esters is 1. The zero-order valence-electron chi connectivity index (χ0n) is 14.4. The van der Waals surface area contributed by atoms with Crippen molar-refractivity contribution in [2.45, 2.75) is 20.5 Å². The number of aryl methyl sites for hydroxylation is 1. The van der Waals surface area contributed by atoms with E-state index in [9.17, 15) is 18.0 Å². The van der Waals surface area contributed by atoms with Gasteiger partial charge in [0.05, 0.1) is 17.9 Å². The summed E-state index contributed by atoms with van der Waals surface area (Å²) in [5, 5.41) is 0. The van der Waals surface area contributed by atoms with Crippen molar-refractivity contribution in [3.05, 3.63) is 63.3 Å². The molecule has 0 saturated heterocycles. The molecule has 2 heterocycles. The van der Waals surface area contributed by atoms with Gasteiger partial charge in [0.25, 0.3) is 0 Å². The monoisotopic (exact) mass is 442 g/mol. The third kappa shape index (κ3) is 3.64. The lowest BCUT2D eigenvalue weighted by molar-refractivity contribution is 0.0517. The van der Waals surface area contributed by atoms with E-state index in [2.05, 4.69) is 20.9 Å². The molecule has 0 aliphatic heterocycles. The summed E-state index contributed by atoms with van der Waals surface area (Å²) in [5.74, 6) is -3.81. The molecule has 0 unspecified atom stereocenters. The Bertz CT molecular complexity index is 1040. The lowest BCUT2D eigenvalue weighted by atomic mass is 10.2. The van der Waals surface area contributed by atoms with Crippen LogP contribution in [0, 0.1) is 24.4 Å². The number of pyridine rings is 1. The maximum atomic E-state index is 13.8. The molecule has 0 fully saturated rings. The van der Waals surface area contributed by atoms with Gasteiger partial charge in [-0.2, -0.15) is 0 Å². The molecule has 2 aromatic heterocycles. The standard InChI is InChI=1S/C18H14BrF3N2O3/c1-3-26-18(25)16-9(2)23-17-14(6-10(19)7-24(16)17)27-8-11-12(20)4-5-13(21)15(11)22/h4-7H,3,8H2,1-2H3. The van der Waals surface area contributed by atoms with Gasteiger partial charge < -0.3 is 9.47 Å². The highest BCUT2D eigenvalue weighted by molar-refractivity contribution is 9.10. The fourth-order valence-electron chi connectivity index (χ4n) is 2.60. The second-order valence-corrected chi connectivity index (χ2v) is 6.51. The van der Waals surface area contributed by atoms with E-state index in [1.165, 1.54) is 10.5 Å². The highest BCUT2D eigenvalue weighted by Crippen LogP contribution is 2.28. The minimum absolute atomic E-state index is 0.158. The molecule has 9 heteroatoms.